The molecule has 1 aliphatic heterocycles. The normalized spacial score (nSPS) is 15.1. The number of hydrogen-bond donors (Lipinski definition) is 1. The summed E-state index contributed by atoms with van der Waals surface area (Å²) in [6.45, 7) is 1.86. The van der Waals surface area contributed by atoms with E-state index in [0.29, 0.717) is 28.6 Å². The highest BCUT2D eigenvalue weighted by Gasteiger charge is 2.32. The van der Waals surface area contributed by atoms with E-state index in [2.05, 4.69) is 0 Å². The largest absolute Gasteiger partial charge is 0.454 e. The summed E-state index contributed by atoms with van der Waals surface area (Å²) >= 11 is 5.85. The standard InChI is InChI=1S/C17H16ClNO4/c1-17(10-20,19(21)14-5-3-13(18)4-6-14)9-12-2-7-15-16(8-12)23-11-22-15/h2-8,10,21H,9,11H2,1H3. The zero-order valence-electron chi connectivity index (χ0n) is 12.5. The highest BCUT2D eigenvalue weighted by Crippen LogP contribution is 2.34. The third-order valence-corrected chi connectivity index (χ3v) is 4.06. The van der Waals surface area contributed by atoms with Gasteiger partial charge in [-0.15, -0.1) is 0 Å². The second-order valence-corrected chi connectivity index (χ2v) is 6.06. The molecule has 6 heteroatoms. The molecule has 0 aliphatic carbocycles. The lowest BCUT2D eigenvalue weighted by Crippen LogP contribution is -2.48. The molecule has 0 spiro atoms. The zero-order chi connectivity index (χ0) is 16.4. The Kier molecular flexibility index (Phi) is 4.15. The van der Waals surface area contributed by atoms with Crippen molar-refractivity contribution < 1.29 is 19.5 Å². The molecule has 0 amide bonds. The van der Waals surface area contributed by atoms with Gasteiger partial charge in [0, 0.05) is 11.4 Å². The van der Waals surface area contributed by atoms with Crippen molar-refractivity contribution >= 4 is 23.6 Å². The fourth-order valence-electron chi connectivity index (χ4n) is 2.51. The molecular formula is C17H16ClNO4. The van der Waals surface area contributed by atoms with Crippen LogP contribution >= 0.6 is 11.6 Å². The number of halogens is 1. The Morgan fingerprint density at radius 1 is 1.22 bits per heavy atom. The molecule has 5 nitrogen and oxygen atoms in total. The van der Waals surface area contributed by atoms with Crippen LogP contribution < -0.4 is 14.5 Å². The molecule has 1 unspecified atom stereocenters. The lowest BCUT2D eigenvalue weighted by Gasteiger charge is -2.33. The van der Waals surface area contributed by atoms with Gasteiger partial charge in [0.15, 0.2) is 11.5 Å². The number of ether oxygens (including phenoxy) is 2. The van der Waals surface area contributed by atoms with Crippen LogP contribution in [-0.4, -0.2) is 23.8 Å². The quantitative estimate of drug-likeness (QED) is 0.670. The first kappa shape index (κ1) is 15.6. The molecule has 2 aromatic rings. The van der Waals surface area contributed by atoms with Gasteiger partial charge in [0.25, 0.3) is 0 Å². The van der Waals surface area contributed by atoms with E-state index in [9.17, 15) is 10.0 Å². The summed E-state index contributed by atoms with van der Waals surface area (Å²) in [7, 11) is 0. The Hall–Kier alpha value is -2.24. The molecular weight excluding hydrogens is 318 g/mol. The summed E-state index contributed by atoms with van der Waals surface area (Å²) in [5.74, 6) is 1.33. The third kappa shape index (κ3) is 3.11. The number of benzene rings is 2. The van der Waals surface area contributed by atoms with Gasteiger partial charge in [0.2, 0.25) is 6.79 Å². The maximum atomic E-state index is 11.7. The molecule has 3 rings (SSSR count). The molecule has 0 fully saturated rings. The van der Waals surface area contributed by atoms with E-state index in [-0.39, 0.29) is 6.79 Å². The van der Waals surface area contributed by atoms with E-state index >= 15 is 0 Å². The minimum absolute atomic E-state index is 0.195. The van der Waals surface area contributed by atoms with Crippen molar-refractivity contribution in [1.82, 2.24) is 0 Å². The van der Waals surface area contributed by atoms with E-state index in [4.69, 9.17) is 21.1 Å². The minimum Gasteiger partial charge on any atom is -0.454 e. The average molecular weight is 334 g/mol. The van der Waals surface area contributed by atoms with Crippen LogP contribution in [0.2, 0.25) is 5.02 Å². The van der Waals surface area contributed by atoms with Gasteiger partial charge in [-0.2, -0.15) is 0 Å². The van der Waals surface area contributed by atoms with Crippen LogP contribution in [0.15, 0.2) is 42.5 Å². The molecule has 0 bridgehead atoms. The fraction of sp³-hybridized carbons (Fsp3) is 0.235. The number of carbonyl (C=O) groups excluding carboxylic acids is 1. The number of hydroxylamine groups is 1. The van der Waals surface area contributed by atoms with Crippen molar-refractivity contribution in [1.29, 1.82) is 0 Å². The van der Waals surface area contributed by atoms with Gasteiger partial charge in [-0.25, -0.2) is 5.06 Å². The molecule has 23 heavy (non-hydrogen) atoms. The van der Waals surface area contributed by atoms with Crippen LogP contribution in [0.25, 0.3) is 0 Å². The lowest BCUT2D eigenvalue weighted by atomic mass is 9.93. The molecule has 1 heterocycles. The summed E-state index contributed by atoms with van der Waals surface area (Å²) in [6, 6.07) is 12.1. The molecule has 0 aromatic heterocycles. The maximum Gasteiger partial charge on any atom is 0.231 e. The molecule has 2 aromatic carbocycles. The predicted molar refractivity (Wildman–Crippen MR) is 86.5 cm³/mol. The van der Waals surface area contributed by atoms with Crippen LogP contribution in [0.5, 0.6) is 11.5 Å². The van der Waals surface area contributed by atoms with Gasteiger partial charge in [-0.3, -0.25) is 5.21 Å². The summed E-state index contributed by atoms with van der Waals surface area (Å²) in [5, 5.41) is 12.0. The van der Waals surface area contributed by atoms with Gasteiger partial charge < -0.3 is 14.3 Å². The van der Waals surface area contributed by atoms with Gasteiger partial charge in [-0.1, -0.05) is 17.7 Å². The SMILES string of the molecule is CC(C=O)(Cc1ccc2c(c1)OCO2)N(O)c1ccc(Cl)cc1. The Morgan fingerprint density at radius 3 is 2.61 bits per heavy atom. The van der Waals surface area contributed by atoms with E-state index in [1.54, 1.807) is 37.3 Å². The molecule has 0 saturated heterocycles. The van der Waals surface area contributed by atoms with Crippen molar-refractivity contribution in [2.45, 2.75) is 18.9 Å². The van der Waals surface area contributed by atoms with E-state index < -0.39 is 5.54 Å². The number of anilines is 1. The first-order valence-electron chi connectivity index (χ1n) is 7.11. The number of aldehydes is 1. The van der Waals surface area contributed by atoms with Crippen molar-refractivity contribution in [2.75, 3.05) is 11.9 Å². The predicted octanol–water partition coefficient (Wildman–Crippen LogP) is 3.46. The van der Waals surface area contributed by atoms with Crippen LogP contribution in [0.3, 0.4) is 0 Å². The van der Waals surface area contributed by atoms with Crippen molar-refractivity contribution in [2.24, 2.45) is 0 Å². The zero-order valence-corrected chi connectivity index (χ0v) is 13.3. The second-order valence-electron chi connectivity index (χ2n) is 5.63. The topological polar surface area (TPSA) is 59.0 Å². The highest BCUT2D eigenvalue weighted by atomic mass is 35.5. The van der Waals surface area contributed by atoms with E-state index in [1.807, 2.05) is 12.1 Å². The summed E-state index contributed by atoms with van der Waals surface area (Å²) < 4.78 is 10.6. The molecule has 0 radical (unpaired) electrons. The Labute approximate surface area is 139 Å². The Morgan fingerprint density at radius 2 is 1.91 bits per heavy atom. The first-order chi connectivity index (χ1) is 11.0. The number of hydrogen-bond acceptors (Lipinski definition) is 5. The van der Waals surface area contributed by atoms with Crippen LogP contribution in [0, 0.1) is 0 Å². The van der Waals surface area contributed by atoms with Gasteiger partial charge in [0.05, 0.1) is 5.69 Å². The molecule has 1 aliphatic rings. The van der Waals surface area contributed by atoms with E-state index in [1.165, 1.54) is 0 Å². The van der Waals surface area contributed by atoms with Crippen LogP contribution in [0.1, 0.15) is 12.5 Å². The Balaban J connectivity index is 1.85. The first-order valence-corrected chi connectivity index (χ1v) is 7.49. The molecule has 1 N–H and O–H groups in total. The van der Waals surface area contributed by atoms with Crippen molar-refractivity contribution in [3.8, 4) is 11.5 Å². The highest BCUT2D eigenvalue weighted by molar-refractivity contribution is 6.30. The van der Waals surface area contributed by atoms with Crippen LogP contribution in [0.4, 0.5) is 5.69 Å². The van der Waals surface area contributed by atoms with Gasteiger partial charge in [0.1, 0.15) is 11.8 Å². The summed E-state index contributed by atoms with van der Waals surface area (Å²) in [4.78, 5) is 11.7. The van der Waals surface area contributed by atoms with E-state index in [0.717, 1.165) is 16.9 Å². The third-order valence-electron chi connectivity index (χ3n) is 3.81. The molecule has 1 atom stereocenters. The summed E-state index contributed by atoms with van der Waals surface area (Å²) in [5.41, 5.74) is 0.225. The Bertz CT molecular complexity index is 719. The van der Waals surface area contributed by atoms with Crippen molar-refractivity contribution in [3.63, 3.8) is 0 Å². The number of fused-ring (bicyclic) bond motifs is 1. The number of carbonyl (C=O) groups is 1. The lowest BCUT2D eigenvalue weighted by molar-refractivity contribution is -0.113. The maximum absolute atomic E-state index is 11.7. The van der Waals surface area contributed by atoms with Crippen molar-refractivity contribution in [3.05, 3.63) is 53.1 Å². The number of nitrogens with zero attached hydrogens (tertiary/aromatic N) is 1. The van der Waals surface area contributed by atoms with Gasteiger partial charge in [-0.05, 0) is 48.9 Å². The minimum atomic E-state index is -1.12. The molecule has 0 saturated carbocycles. The van der Waals surface area contributed by atoms with Crippen LogP contribution in [-0.2, 0) is 11.2 Å². The summed E-state index contributed by atoms with van der Waals surface area (Å²) in [6.07, 6.45) is 1.04. The fourth-order valence-corrected chi connectivity index (χ4v) is 2.63. The average Bonchev–Trinajstić information content (AvgIpc) is 3.02. The monoisotopic (exact) mass is 333 g/mol. The number of rotatable bonds is 5. The van der Waals surface area contributed by atoms with Gasteiger partial charge >= 0.3 is 0 Å². The second kappa shape index (κ2) is 6.10. The molecule has 120 valence electrons. The smallest absolute Gasteiger partial charge is 0.231 e.